The molecule has 21 heavy (non-hydrogen) atoms. The number of carbonyl (C=O) groups excluding carboxylic acids is 1. The number of ether oxygens (including phenoxy) is 3. The maximum atomic E-state index is 12.2. The first-order valence-corrected chi connectivity index (χ1v) is 6.96. The summed E-state index contributed by atoms with van der Waals surface area (Å²) in [6, 6.07) is 3.28. The maximum Gasteiger partial charge on any atom is 0.278 e. The van der Waals surface area contributed by atoms with Crippen LogP contribution in [0.1, 0.15) is 36.0 Å². The van der Waals surface area contributed by atoms with Crippen molar-refractivity contribution in [2.45, 2.75) is 31.8 Å². The monoisotopic (exact) mass is 295 g/mol. The number of hydroxylamine groups is 1. The van der Waals surface area contributed by atoms with Gasteiger partial charge in [0, 0.05) is 0 Å². The third-order valence-electron chi connectivity index (χ3n) is 3.57. The molecule has 0 saturated heterocycles. The van der Waals surface area contributed by atoms with E-state index in [-0.39, 0.29) is 12.0 Å². The van der Waals surface area contributed by atoms with Crippen LogP contribution in [0.3, 0.4) is 0 Å². The molecule has 116 valence electrons. The van der Waals surface area contributed by atoms with Gasteiger partial charge in [0.15, 0.2) is 11.5 Å². The summed E-state index contributed by atoms with van der Waals surface area (Å²) in [4.78, 5) is 17.7. The van der Waals surface area contributed by atoms with Gasteiger partial charge in [-0.25, -0.2) is 5.48 Å². The Morgan fingerprint density at radius 1 is 1.05 bits per heavy atom. The summed E-state index contributed by atoms with van der Waals surface area (Å²) in [5.41, 5.74) is 2.83. The smallest absolute Gasteiger partial charge is 0.278 e. The quantitative estimate of drug-likeness (QED) is 0.816. The molecular formula is C15H21NO5. The van der Waals surface area contributed by atoms with Crippen molar-refractivity contribution in [3.05, 3.63) is 17.7 Å². The van der Waals surface area contributed by atoms with Gasteiger partial charge in [0.05, 0.1) is 33.0 Å². The van der Waals surface area contributed by atoms with Crippen LogP contribution < -0.4 is 19.7 Å². The minimum atomic E-state index is -0.361. The molecule has 1 saturated carbocycles. The van der Waals surface area contributed by atoms with Crippen molar-refractivity contribution >= 4 is 5.91 Å². The zero-order valence-corrected chi connectivity index (χ0v) is 12.6. The zero-order chi connectivity index (χ0) is 15.2. The van der Waals surface area contributed by atoms with Gasteiger partial charge in [-0.3, -0.25) is 9.63 Å². The van der Waals surface area contributed by atoms with E-state index in [0.29, 0.717) is 22.8 Å². The molecule has 0 atom stereocenters. The van der Waals surface area contributed by atoms with Crippen LogP contribution in [0.4, 0.5) is 0 Å². The van der Waals surface area contributed by atoms with E-state index in [0.717, 1.165) is 25.7 Å². The van der Waals surface area contributed by atoms with E-state index < -0.39 is 0 Å². The first kappa shape index (κ1) is 15.4. The zero-order valence-electron chi connectivity index (χ0n) is 12.6. The maximum absolute atomic E-state index is 12.2. The summed E-state index contributed by atoms with van der Waals surface area (Å²) >= 11 is 0. The van der Waals surface area contributed by atoms with Crippen LogP contribution in [-0.2, 0) is 4.84 Å². The number of amides is 1. The first-order chi connectivity index (χ1) is 10.2. The molecule has 0 aromatic heterocycles. The second kappa shape index (κ2) is 7.17. The van der Waals surface area contributed by atoms with E-state index in [1.165, 1.54) is 21.3 Å². The molecule has 1 aromatic carbocycles. The highest BCUT2D eigenvalue weighted by atomic mass is 16.7. The van der Waals surface area contributed by atoms with Gasteiger partial charge in [0.25, 0.3) is 5.91 Å². The third-order valence-corrected chi connectivity index (χ3v) is 3.57. The molecule has 1 fully saturated rings. The number of carbonyl (C=O) groups is 1. The Bertz CT molecular complexity index is 497. The molecule has 1 N–H and O–H groups in total. The predicted octanol–water partition coefficient (Wildman–Crippen LogP) is 2.32. The number of methoxy groups -OCH3 is 3. The Morgan fingerprint density at radius 3 is 2.29 bits per heavy atom. The van der Waals surface area contributed by atoms with Crippen molar-refractivity contribution in [1.82, 2.24) is 5.48 Å². The summed E-state index contributed by atoms with van der Waals surface area (Å²) in [5, 5.41) is 0. The second-order valence-corrected chi connectivity index (χ2v) is 4.84. The van der Waals surface area contributed by atoms with Gasteiger partial charge < -0.3 is 14.2 Å². The fourth-order valence-electron chi connectivity index (χ4n) is 2.48. The van der Waals surface area contributed by atoms with Crippen LogP contribution in [0.5, 0.6) is 17.2 Å². The van der Waals surface area contributed by atoms with E-state index in [1.54, 1.807) is 12.1 Å². The van der Waals surface area contributed by atoms with Crippen molar-refractivity contribution in [3.63, 3.8) is 0 Å². The van der Waals surface area contributed by atoms with E-state index in [4.69, 9.17) is 19.0 Å². The topological polar surface area (TPSA) is 66.0 Å². The van der Waals surface area contributed by atoms with Crippen molar-refractivity contribution in [1.29, 1.82) is 0 Å². The van der Waals surface area contributed by atoms with Gasteiger partial charge in [-0.1, -0.05) is 12.8 Å². The fourth-order valence-corrected chi connectivity index (χ4v) is 2.48. The Kier molecular flexibility index (Phi) is 5.27. The highest BCUT2D eigenvalue weighted by molar-refractivity contribution is 5.97. The minimum absolute atomic E-state index is 0.0973. The van der Waals surface area contributed by atoms with E-state index in [9.17, 15) is 4.79 Å². The summed E-state index contributed by atoms with van der Waals surface area (Å²) in [6.45, 7) is 0. The van der Waals surface area contributed by atoms with E-state index >= 15 is 0 Å². The molecule has 1 aliphatic carbocycles. The number of benzene rings is 1. The van der Waals surface area contributed by atoms with Gasteiger partial charge in [-0.2, -0.15) is 0 Å². The van der Waals surface area contributed by atoms with Crippen molar-refractivity contribution in [2.75, 3.05) is 21.3 Å². The average Bonchev–Trinajstić information content (AvgIpc) is 3.04. The molecule has 6 nitrogen and oxygen atoms in total. The largest absolute Gasteiger partial charge is 0.493 e. The Balaban J connectivity index is 2.15. The SMILES string of the molecule is COc1ccc(C(=O)NOC2CCCC2)c(OC)c1OC. The fraction of sp³-hybridized carbons (Fsp3) is 0.533. The normalized spacial score (nSPS) is 14.8. The summed E-state index contributed by atoms with van der Waals surface area (Å²) < 4.78 is 15.7. The predicted molar refractivity (Wildman–Crippen MR) is 76.9 cm³/mol. The standard InChI is InChI=1S/C15H21NO5/c1-18-12-9-8-11(13(19-2)14(12)20-3)15(17)16-21-10-6-4-5-7-10/h8-10H,4-7H2,1-3H3,(H,16,17). The lowest BCUT2D eigenvalue weighted by atomic mass is 10.1. The molecule has 0 heterocycles. The Morgan fingerprint density at radius 2 is 1.71 bits per heavy atom. The average molecular weight is 295 g/mol. The van der Waals surface area contributed by atoms with Crippen LogP contribution in [0.25, 0.3) is 0 Å². The van der Waals surface area contributed by atoms with Gasteiger partial charge >= 0.3 is 0 Å². The molecule has 2 rings (SSSR count). The van der Waals surface area contributed by atoms with Gasteiger partial charge in [0.1, 0.15) is 0 Å². The molecule has 0 unspecified atom stereocenters. The minimum Gasteiger partial charge on any atom is -0.493 e. The molecule has 1 aromatic rings. The lowest BCUT2D eigenvalue weighted by molar-refractivity contribution is -0.0126. The molecule has 0 bridgehead atoms. The van der Waals surface area contributed by atoms with Gasteiger partial charge in [-0.05, 0) is 25.0 Å². The molecule has 0 spiro atoms. The molecule has 1 amide bonds. The van der Waals surface area contributed by atoms with Crippen LogP contribution in [-0.4, -0.2) is 33.3 Å². The van der Waals surface area contributed by atoms with Gasteiger partial charge in [0.2, 0.25) is 5.75 Å². The van der Waals surface area contributed by atoms with Crippen molar-refractivity contribution in [3.8, 4) is 17.2 Å². The Hall–Kier alpha value is -1.95. The number of hydrogen-bond acceptors (Lipinski definition) is 5. The molecule has 6 heteroatoms. The van der Waals surface area contributed by atoms with Crippen LogP contribution in [0.15, 0.2) is 12.1 Å². The molecular weight excluding hydrogens is 274 g/mol. The molecule has 1 aliphatic rings. The third kappa shape index (κ3) is 3.39. The van der Waals surface area contributed by atoms with Crippen molar-refractivity contribution < 1.29 is 23.8 Å². The number of nitrogens with one attached hydrogen (secondary N) is 1. The number of hydrogen-bond donors (Lipinski definition) is 1. The molecule has 0 radical (unpaired) electrons. The van der Waals surface area contributed by atoms with Gasteiger partial charge in [-0.15, -0.1) is 0 Å². The molecule has 0 aliphatic heterocycles. The first-order valence-electron chi connectivity index (χ1n) is 6.96. The van der Waals surface area contributed by atoms with Crippen molar-refractivity contribution in [2.24, 2.45) is 0 Å². The summed E-state index contributed by atoms with van der Waals surface area (Å²) in [6.07, 6.45) is 4.33. The van der Waals surface area contributed by atoms with Crippen LogP contribution in [0, 0.1) is 0 Å². The van der Waals surface area contributed by atoms with Crippen LogP contribution in [0.2, 0.25) is 0 Å². The lowest BCUT2D eigenvalue weighted by Crippen LogP contribution is -2.28. The van der Waals surface area contributed by atoms with E-state index in [2.05, 4.69) is 5.48 Å². The summed E-state index contributed by atoms with van der Waals surface area (Å²) in [5.74, 6) is 0.847. The highest BCUT2D eigenvalue weighted by Gasteiger charge is 2.22. The summed E-state index contributed by atoms with van der Waals surface area (Å²) in [7, 11) is 4.50. The van der Waals surface area contributed by atoms with E-state index in [1.807, 2.05) is 0 Å². The lowest BCUT2D eigenvalue weighted by Gasteiger charge is -2.16. The van der Waals surface area contributed by atoms with Crippen LogP contribution >= 0.6 is 0 Å². The highest BCUT2D eigenvalue weighted by Crippen LogP contribution is 2.39. The second-order valence-electron chi connectivity index (χ2n) is 4.84. The Labute approximate surface area is 124 Å². The number of rotatable bonds is 6.